The summed E-state index contributed by atoms with van der Waals surface area (Å²) in [5.41, 5.74) is 4.18. The van der Waals surface area contributed by atoms with Gasteiger partial charge in [-0.25, -0.2) is 4.98 Å². The smallest absolute Gasteiger partial charge is 0.222 e. The molecule has 2 heterocycles. The number of hydrogen-bond acceptors (Lipinski definition) is 6. The van der Waals surface area contributed by atoms with Crippen molar-refractivity contribution in [2.24, 2.45) is 0 Å². The van der Waals surface area contributed by atoms with Crippen molar-refractivity contribution in [1.82, 2.24) is 25.0 Å². The fourth-order valence-corrected chi connectivity index (χ4v) is 2.52. The molecule has 23 heavy (non-hydrogen) atoms. The van der Waals surface area contributed by atoms with Crippen molar-refractivity contribution in [2.45, 2.75) is 6.92 Å². The van der Waals surface area contributed by atoms with Gasteiger partial charge < -0.3 is 10.1 Å². The highest BCUT2D eigenvalue weighted by molar-refractivity contribution is 5.84. The Bertz CT molecular complexity index is 1010. The molecule has 1 N–H and O–H groups in total. The topological polar surface area (TPSA) is 77.2 Å². The molecule has 0 saturated heterocycles. The minimum absolute atomic E-state index is 0.564. The lowest BCUT2D eigenvalue weighted by Crippen LogP contribution is -2.02. The van der Waals surface area contributed by atoms with Gasteiger partial charge in [-0.2, -0.15) is 4.52 Å². The number of nitrogens with one attached hydrogen (secondary N) is 1. The molecule has 0 unspecified atom stereocenters. The number of hydrogen-bond donors (Lipinski definition) is 1. The van der Waals surface area contributed by atoms with E-state index in [1.54, 1.807) is 11.6 Å². The van der Waals surface area contributed by atoms with Gasteiger partial charge in [0.1, 0.15) is 5.75 Å². The van der Waals surface area contributed by atoms with Crippen molar-refractivity contribution in [2.75, 3.05) is 12.4 Å². The van der Waals surface area contributed by atoms with E-state index < -0.39 is 0 Å². The van der Waals surface area contributed by atoms with Gasteiger partial charge in [0.2, 0.25) is 5.65 Å². The predicted molar refractivity (Wildman–Crippen MR) is 87.1 cm³/mol. The zero-order chi connectivity index (χ0) is 15.8. The number of anilines is 2. The van der Waals surface area contributed by atoms with Crippen molar-refractivity contribution >= 4 is 28.2 Å². The molecule has 0 aliphatic rings. The fourth-order valence-electron chi connectivity index (χ4n) is 2.52. The predicted octanol–water partition coefficient (Wildman–Crippen LogP) is 2.73. The summed E-state index contributed by atoms with van der Waals surface area (Å²) >= 11 is 0. The van der Waals surface area contributed by atoms with Gasteiger partial charge in [-0.3, -0.25) is 0 Å². The van der Waals surface area contributed by atoms with Crippen LogP contribution in [0, 0.1) is 6.92 Å². The average Bonchev–Trinajstić information content (AvgIpc) is 3.06. The third-order valence-corrected chi connectivity index (χ3v) is 3.63. The number of nitrogens with zero attached hydrogens (tertiary/aromatic N) is 5. The number of ether oxygens (including phenoxy) is 1. The van der Waals surface area contributed by atoms with Crippen LogP contribution in [0.4, 0.5) is 11.5 Å². The van der Waals surface area contributed by atoms with Crippen molar-refractivity contribution in [3.8, 4) is 5.75 Å². The molecule has 7 nitrogen and oxygen atoms in total. The van der Waals surface area contributed by atoms with E-state index in [0.717, 1.165) is 28.0 Å². The van der Waals surface area contributed by atoms with Gasteiger partial charge in [0, 0.05) is 0 Å². The van der Waals surface area contributed by atoms with Crippen LogP contribution < -0.4 is 10.1 Å². The quantitative estimate of drug-likeness (QED) is 0.627. The second-order valence-electron chi connectivity index (χ2n) is 5.19. The Morgan fingerprint density at radius 2 is 2.00 bits per heavy atom. The third-order valence-electron chi connectivity index (χ3n) is 3.63. The molecule has 4 rings (SSSR count). The first-order valence-corrected chi connectivity index (χ1v) is 7.15. The number of para-hydroxylation sites is 2. The number of rotatable bonds is 3. The van der Waals surface area contributed by atoms with Gasteiger partial charge in [-0.05, 0) is 47.2 Å². The summed E-state index contributed by atoms with van der Waals surface area (Å²) in [6.07, 6.45) is 0. The van der Waals surface area contributed by atoms with Crippen LogP contribution in [0.2, 0.25) is 0 Å². The molecule has 7 heteroatoms. The highest BCUT2D eigenvalue weighted by atomic mass is 16.5. The number of fused-ring (bicyclic) bond motifs is 3. The van der Waals surface area contributed by atoms with Crippen molar-refractivity contribution < 1.29 is 4.74 Å². The van der Waals surface area contributed by atoms with Gasteiger partial charge in [0.25, 0.3) is 0 Å². The van der Waals surface area contributed by atoms with E-state index >= 15 is 0 Å². The van der Waals surface area contributed by atoms with Crippen molar-refractivity contribution in [3.05, 3.63) is 48.0 Å². The third kappa shape index (κ3) is 2.22. The molecule has 2 aromatic carbocycles. The molecular weight excluding hydrogens is 292 g/mol. The maximum atomic E-state index is 5.37. The summed E-state index contributed by atoms with van der Waals surface area (Å²) in [6, 6.07) is 13.6. The average molecular weight is 306 g/mol. The Morgan fingerprint density at radius 1 is 1.13 bits per heavy atom. The molecule has 4 aromatic rings. The molecule has 0 saturated carbocycles. The molecule has 0 bridgehead atoms. The minimum Gasteiger partial charge on any atom is -0.495 e. The summed E-state index contributed by atoms with van der Waals surface area (Å²) < 4.78 is 7.05. The molecule has 2 aromatic heterocycles. The lowest BCUT2D eigenvalue weighted by atomic mass is 10.2. The van der Waals surface area contributed by atoms with Gasteiger partial charge >= 0.3 is 0 Å². The highest BCUT2D eigenvalue weighted by Crippen LogP contribution is 2.28. The van der Waals surface area contributed by atoms with E-state index in [1.165, 1.54) is 0 Å². The second kappa shape index (κ2) is 5.20. The molecule has 0 aliphatic carbocycles. The zero-order valence-corrected chi connectivity index (χ0v) is 12.7. The van der Waals surface area contributed by atoms with Crippen LogP contribution in [-0.2, 0) is 0 Å². The van der Waals surface area contributed by atoms with Crippen LogP contribution in [0.15, 0.2) is 42.5 Å². The second-order valence-corrected chi connectivity index (χ2v) is 5.19. The van der Waals surface area contributed by atoms with E-state index in [-0.39, 0.29) is 0 Å². The highest BCUT2D eigenvalue weighted by Gasteiger charge is 2.13. The van der Waals surface area contributed by atoms with Gasteiger partial charge in [0.05, 0.1) is 23.8 Å². The lowest BCUT2D eigenvalue weighted by molar-refractivity contribution is 0.417. The standard InChI is InChI=1S/C16H14N6O/c1-10-7-8-11-13(9-10)22-16(19-20-21-22)15(17-11)18-12-5-3-4-6-14(12)23-2/h3-9H,1-2H3,(H,17,18). The molecule has 0 atom stereocenters. The van der Waals surface area contributed by atoms with E-state index in [9.17, 15) is 0 Å². The van der Waals surface area contributed by atoms with Crippen molar-refractivity contribution in [3.63, 3.8) is 0 Å². The lowest BCUT2D eigenvalue weighted by Gasteiger charge is -2.11. The first-order chi connectivity index (χ1) is 11.3. The number of methoxy groups -OCH3 is 1. The number of benzene rings is 2. The van der Waals surface area contributed by atoms with Gasteiger partial charge in [0.15, 0.2) is 5.82 Å². The molecule has 0 aliphatic heterocycles. The summed E-state index contributed by atoms with van der Waals surface area (Å²) in [5.74, 6) is 1.31. The normalized spacial score (nSPS) is 11.0. The van der Waals surface area contributed by atoms with Gasteiger partial charge in [-0.15, -0.1) is 5.10 Å². The number of aromatic nitrogens is 5. The maximum absolute atomic E-state index is 5.37. The Kier molecular flexibility index (Phi) is 3.04. The monoisotopic (exact) mass is 306 g/mol. The largest absolute Gasteiger partial charge is 0.495 e. The van der Waals surface area contributed by atoms with E-state index in [1.807, 2.05) is 49.4 Å². The van der Waals surface area contributed by atoms with Crippen LogP contribution in [0.5, 0.6) is 5.75 Å². The summed E-state index contributed by atoms with van der Waals surface area (Å²) in [6.45, 7) is 2.02. The summed E-state index contributed by atoms with van der Waals surface area (Å²) in [7, 11) is 1.63. The Balaban J connectivity index is 1.92. The molecule has 0 spiro atoms. The first kappa shape index (κ1) is 13.4. The number of aryl methyl sites for hydroxylation is 1. The molecule has 0 amide bonds. The first-order valence-electron chi connectivity index (χ1n) is 7.15. The van der Waals surface area contributed by atoms with Crippen LogP contribution in [0.3, 0.4) is 0 Å². The Hall–Kier alpha value is -3.22. The van der Waals surface area contributed by atoms with Gasteiger partial charge in [-0.1, -0.05) is 18.2 Å². The Morgan fingerprint density at radius 3 is 2.87 bits per heavy atom. The zero-order valence-electron chi connectivity index (χ0n) is 12.7. The van der Waals surface area contributed by atoms with Crippen LogP contribution in [-0.4, -0.2) is 32.1 Å². The minimum atomic E-state index is 0.564. The fraction of sp³-hybridized carbons (Fsp3) is 0.125. The molecule has 114 valence electrons. The van der Waals surface area contributed by atoms with Crippen molar-refractivity contribution in [1.29, 1.82) is 0 Å². The number of tetrazole rings is 1. The van der Waals surface area contributed by atoms with Crippen LogP contribution >= 0.6 is 0 Å². The van der Waals surface area contributed by atoms with Crippen LogP contribution in [0.1, 0.15) is 5.56 Å². The van der Waals surface area contributed by atoms with E-state index in [0.29, 0.717) is 11.5 Å². The Labute approximate surface area is 131 Å². The SMILES string of the molecule is COc1ccccc1Nc1nc2ccc(C)cc2n2nnnc12. The van der Waals surface area contributed by atoms with E-state index in [4.69, 9.17) is 4.74 Å². The summed E-state index contributed by atoms with van der Waals surface area (Å²) in [4.78, 5) is 4.66. The molecule has 0 fully saturated rings. The summed E-state index contributed by atoms with van der Waals surface area (Å²) in [5, 5.41) is 15.2. The van der Waals surface area contributed by atoms with E-state index in [2.05, 4.69) is 25.8 Å². The molecule has 0 radical (unpaired) electrons. The molecular formula is C16H14N6O. The maximum Gasteiger partial charge on any atom is 0.222 e. The van der Waals surface area contributed by atoms with Crippen LogP contribution in [0.25, 0.3) is 16.7 Å².